The van der Waals surface area contributed by atoms with Gasteiger partial charge in [-0.1, -0.05) is 19.1 Å². The summed E-state index contributed by atoms with van der Waals surface area (Å²) in [7, 11) is 1.64. The van der Waals surface area contributed by atoms with Crippen molar-refractivity contribution >= 4 is 28.4 Å². The third-order valence-electron chi connectivity index (χ3n) is 5.00. The van der Waals surface area contributed by atoms with Gasteiger partial charge in [-0.3, -0.25) is 9.59 Å². The molecule has 142 valence electrons. The lowest BCUT2D eigenvalue weighted by Crippen LogP contribution is -2.33. The molecule has 3 rings (SSSR count). The normalized spacial score (nSPS) is 12.4. The molecule has 0 saturated heterocycles. The number of aromatic nitrogens is 3. The molecule has 0 spiro atoms. The standard InChI is InChI=1S/C20H24N4O3/c1-12(20(26)27)11-23(4)18(25)10-9-15-13(2)21-19-16-7-5-6-8-17(16)22-24(19)14(15)3/h5-8,12H,9-11H2,1-4H3,(H,26,27). The predicted molar refractivity (Wildman–Crippen MR) is 103 cm³/mol. The number of rotatable bonds is 6. The van der Waals surface area contributed by atoms with Crippen molar-refractivity contribution in [2.24, 2.45) is 5.92 Å². The van der Waals surface area contributed by atoms with Gasteiger partial charge in [-0.25, -0.2) is 9.50 Å². The van der Waals surface area contributed by atoms with Gasteiger partial charge in [-0.05, 0) is 38.0 Å². The van der Waals surface area contributed by atoms with Crippen molar-refractivity contribution in [3.8, 4) is 0 Å². The molecule has 0 saturated carbocycles. The highest BCUT2D eigenvalue weighted by Crippen LogP contribution is 2.23. The molecule has 1 N–H and O–H groups in total. The minimum Gasteiger partial charge on any atom is -0.481 e. The van der Waals surface area contributed by atoms with Gasteiger partial charge in [-0.15, -0.1) is 0 Å². The van der Waals surface area contributed by atoms with E-state index < -0.39 is 11.9 Å². The molecule has 0 aliphatic carbocycles. The van der Waals surface area contributed by atoms with Crippen LogP contribution in [0.15, 0.2) is 24.3 Å². The van der Waals surface area contributed by atoms with Crippen molar-refractivity contribution in [3.63, 3.8) is 0 Å². The van der Waals surface area contributed by atoms with E-state index in [0.29, 0.717) is 12.8 Å². The molecule has 0 radical (unpaired) electrons. The molecular weight excluding hydrogens is 344 g/mol. The number of carboxylic acid groups (broad SMARTS) is 1. The van der Waals surface area contributed by atoms with Crippen LogP contribution >= 0.6 is 0 Å². The largest absolute Gasteiger partial charge is 0.481 e. The summed E-state index contributed by atoms with van der Waals surface area (Å²) < 4.78 is 1.84. The van der Waals surface area contributed by atoms with E-state index in [4.69, 9.17) is 10.1 Å². The van der Waals surface area contributed by atoms with E-state index in [1.807, 2.05) is 42.6 Å². The lowest BCUT2D eigenvalue weighted by atomic mass is 10.1. The summed E-state index contributed by atoms with van der Waals surface area (Å²) in [4.78, 5) is 29.6. The number of hydrogen-bond donors (Lipinski definition) is 1. The Bertz CT molecular complexity index is 1020. The summed E-state index contributed by atoms with van der Waals surface area (Å²) in [5.74, 6) is -1.56. The van der Waals surface area contributed by atoms with Gasteiger partial charge in [0, 0.05) is 36.8 Å². The molecule has 1 atom stereocenters. The van der Waals surface area contributed by atoms with Crippen molar-refractivity contribution in [1.82, 2.24) is 19.5 Å². The Morgan fingerprint density at radius 3 is 2.67 bits per heavy atom. The average Bonchev–Trinajstić information content (AvgIpc) is 3.00. The molecule has 2 aromatic heterocycles. The van der Waals surface area contributed by atoms with E-state index in [2.05, 4.69) is 5.10 Å². The number of nitrogens with zero attached hydrogens (tertiary/aromatic N) is 4. The molecule has 0 aliphatic heterocycles. The van der Waals surface area contributed by atoms with Gasteiger partial charge in [0.2, 0.25) is 5.91 Å². The van der Waals surface area contributed by atoms with Crippen LogP contribution in [0, 0.1) is 19.8 Å². The van der Waals surface area contributed by atoms with Crippen molar-refractivity contribution in [3.05, 3.63) is 41.2 Å². The van der Waals surface area contributed by atoms with Crippen molar-refractivity contribution in [2.45, 2.75) is 33.6 Å². The minimum atomic E-state index is -0.901. The lowest BCUT2D eigenvalue weighted by Gasteiger charge is -2.20. The molecule has 7 heteroatoms. The first kappa shape index (κ1) is 18.8. The molecule has 7 nitrogen and oxygen atoms in total. The SMILES string of the molecule is Cc1nc2c3ccccc3nn2c(C)c1CCC(=O)N(C)CC(C)C(=O)O. The van der Waals surface area contributed by atoms with E-state index in [9.17, 15) is 9.59 Å². The van der Waals surface area contributed by atoms with Crippen LogP contribution in [0.1, 0.15) is 30.3 Å². The zero-order valence-electron chi connectivity index (χ0n) is 16.1. The number of carbonyl (C=O) groups is 2. The number of benzene rings is 1. The van der Waals surface area contributed by atoms with Gasteiger partial charge in [0.1, 0.15) is 0 Å². The van der Waals surface area contributed by atoms with Crippen LogP contribution in [-0.4, -0.2) is 50.1 Å². The fraction of sp³-hybridized carbons (Fsp3) is 0.400. The summed E-state index contributed by atoms with van der Waals surface area (Å²) in [5.41, 5.74) is 4.58. The molecule has 1 unspecified atom stereocenters. The number of aliphatic carboxylic acids is 1. The Morgan fingerprint density at radius 2 is 1.96 bits per heavy atom. The molecule has 2 heterocycles. The molecule has 3 aromatic rings. The maximum atomic E-state index is 12.4. The van der Waals surface area contributed by atoms with Crippen LogP contribution in [-0.2, 0) is 16.0 Å². The number of amides is 1. The summed E-state index contributed by atoms with van der Waals surface area (Å²) >= 11 is 0. The number of carboxylic acids is 1. The Hall–Kier alpha value is -2.96. The van der Waals surface area contributed by atoms with Gasteiger partial charge < -0.3 is 10.0 Å². The van der Waals surface area contributed by atoms with Crippen molar-refractivity contribution < 1.29 is 14.7 Å². The highest BCUT2D eigenvalue weighted by Gasteiger charge is 2.19. The van der Waals surface area contributed by atoms with E-state index in [1.165, 1.54) is 4.90 Å². The average molecular weight is 368 g/mol. The van der Waals surface area contributed by atoms with E-state index in [1.54, 1.807) is 14.0 Å². The molecule has 0 fully saturated rings. The topological polar surface area (TPSA) is 87.8 Å². The molecule has 0 bridgehead atoms. The predicted octanol–water partition coefficient (Wildman–Crippen LogP) is 2.61. The van der Waals surface area contributed by atoms with Gasteiger partial charge >= 0.3 is 5.97 Å². The smallest absolute Gasteiger partial charge is 0.308 e. The Morgan fingerprint density at radius 1 is 1.26 bits per heavy atom. The quantitative estimate of drug-likeness (QED) is 0.723. The number of hydrogen-bond acceptors (Lipinski definition) is 4. The van der Waals surface area contributed by atoms with Gasteiger partial charge in [-0.2, -0.15) is 5.10 Å². The highest BCUT2D eigenvalue weighted by atomic mass is 16.4. The molecular formula is C20H24N4O3. The van der Waals surface area contributed by atoms with Crippen LogP contribution < -0.4 is 0 Å². The first-order valence-electron chi connectivity index (χ1n) is 9.00. The Labute approximate surface area is 157 Å². The Kier molecular flexibility index (Phi) is 5.12. The number of carbonyl (C=O) groups excluding carboxylic acids is 1. The summed E-state index contributed by atoms with van der Waals surface area (Å²) in [6.45, 7) is 5.74. The maximum Gasteiger partial charge on any atom is 0.308 e. The lowest BCUT2D eigenvalue weighted by molar-refractivity contribution is -0.142. The van der Waals surface area contributed by atoms with Crippen molar-refractivity contribution in [2.75, 3.05) is 13.6 Å². The molecule has 1 aromatic carbocycles. The number of aryl methyl sites for hydroxylation is 2. The second-order valence-corrected chi connectivity index (χ2v) is 7.03. The Balaban J connectivity index is 1.82. The van der Waals surface area contributed by atoms with Crippen LogP contribution in [0.4, 0.5) is 0 Å². The van der Waals surface area contributed by atoms with Gasteiger partial charge in [0.15, 0.2) is 5.65 Å². The second-order valence-electron chi connectivity index (χ2n) is 7.03. The first-order chi connectivity index (χ1) is 12.8. The van der Waals surface area contributed by atoms with Gasteiger partial charge in [0.05, 0.1) is 11.4 Å². The fourth-order valence-corrected chi connectivity index (χ4v) is 3.35. The van der Waals surface area contributed by atoms with Crippen LogP contribution in [0.25, 0.3) is 16.6 Å². The summed E-state index contributed by atoms with van der Waals surface area (Å²) in [5, 5.41) is 14.6. The highest BCUT2D eigenvalue weighted by molar-refractivity contribution is 5.92. The van der Waals surface area contributed by atoms with Crippen LogP contribution in [0.3, 0.4) is 0 Å². The minimum absolute atomic E-state index is 0.0763. The molecule has 1 amide bonds. The summed E-state index contributed by atoms with van der Waals surface area (Å²) in [6, 6.07) is 7.88. The monoisotopic (exact) mass is 368 g/mol. The molecule has 0 aliphatic rings. The summed E-state index contributed by atoms with van der Waals surface area (Å²) in [6.07, 6.45) is 0.847. The third kappa shape index (κ3) is 3.63. The fourth-order valence-electron chi connectivity index (χ4n) is 3.35. The third-order valence-corrected chi connectivity index (χ3v) is 5.00. The van der Waals surface area contributed by atoms with Crippen LogP contribution in [0.2, 0.25) is 0 Å². The van der Waals surface area contributed by atoms with Crippen LogP contribution in [0.5, 0.6) is 0 Å². The van der Waals surface area contributed by atoms with E-state index in [0.717, 1.165) is 33.5 Å². The first-order valence-corrected chi connectivity index (χ1v) is 9.00. The maximum absolute atomic E-state index is 12.4. The zero-order chi connectivity index (χ0) is 19.7. The van der Waals surface area contributed by atoms with Gasteiger partial charge in [0.25, 0.3) is 0 Å². The molecule has 27 heavy (non-hydrogen) atoms. The zero-order valence-corrected chi connectivity index (χ0v) is 16.1. The van der Waals surface area contributed by atoms with E-state index in [-0.39, 0.29) is 12.5 Å². The second kappa shape index (κ2) is 7.34. The van der Waals surface area contributed by atoms with E-state index >= 15 is 0 Å². The van der Waals surface area contributed by atoms with Crippen molar-refractivity contribution in [1.29, 1.82) is 0 Å². The number of fused-ring (bicyclic) bond motifs is 3.